The molecule has 5 atom stereocenters. The van der Waals surface area contributed by atoms with Crippen LogP contribution in [0.5, 0.6) is 5.88 Å². The molecule has 0 radical (unpaired) electrons. The normalized spacial score (nSPS) is 28.9. The Bertz CT molecular complexity index is 1080. The molecule has 2 fully saturated rings. The zero-order valence-electron chi connectivity index (χ0n) is 19.6. The Labute approximate surface area is 196 Å². The van der Waals surface area contributed by atoms with E-state index in [0.717, 1.165) is 0 Å². The minimum absolute atomic E-state index is 0.0308. The third-order valence-electron chi connectivity index (χ3n) is 5.40. The lowest BCUT2D eigenvalue weighted by atomic mass is 10.0. The number of carbonyl (C=O) groups is 1. The first-order valence-corrected chi connectivity index (χ1v) is 12.7. The highest BCUT2D eigenvalue weighted by atomic mass is 31.2. The van der Waals surface area contributed by atoms with E-state index in [2.05, 4.69) is 15.0 Å². The fraction of sp³-hybridized carbons (Fsp3) is 0.700. The summed E-state index contributed by atoms with van der Waals surface area (Å²) in [6.45, 7) is 7.76. The Morgan fingerprint density at radius 2 is 2.18 bits per heavy atom. The van der Waals surface area contributed by atoms with Crippen molar-refractivity contribution in [2.75, 3.05) is 25.6 Å². The highest BCUT2D eigenvalue weighted by molar-refractivity contribution is 7.48. The van der Waals surface area contributed by atoms with Gasteiger partial charge < -0.3 is 19.9 Å². The minimum Gasteiger partial charge on any atom is -0.476 e. The number of aromatic nitrogens is 4. The zero-order valence-corrected chi connectivity index (χ0v) is 20.5. The van der Waals surface area contributed by atoms with Crippen molar-refractivity contribution in [1.29, 1.82) is 0 Å². The van der Waals surface area contributed by atoms with Gasteiger partial charge in [-0.2, -0.15) is 9.97 Å². The van der Waals surface area contributed by atoms with E-state index < -0.39 is 26.3 Å². The summed E-state index contributed by atoms with van der Waals surface area (Å²) in [5, 5.41) is 0. The van der Waals surface area contributed by atoms with Crippen molar-refractivity contribution < 1.29 is 37.1 Å². The number of hydrogen-bond donors (Lipinski definition) is 1. The SMILES string of the molecule is CCOc1nc(N)nc2c1ncn2[C@@H]1O[C@@H]2CO[P@@](=O)(OCCCC(=O)OC(C)C)O[C@H]2[C@@H]1C. The van der Waals surface area contributed by atoms with Gasteiger partial charge in [0.25, 0.3) is 0 Å². The predicted octanol–water partition coefficient (Wildman–Crippen LogP) is 2.61. The van der Waals surface area contributed by atoms with Crippen LogP contribution >= 0.6 is 7.82 Å². The van der Waals surface area contributed by atoms with Crippen LogP contribution in [0.1, 0.15) is 46.8 Å². The number of phosphoric acid groups is 1. The van der Waals surface area contributed by atoms with Crippen molar-refractivity contribution in [3.8, 4) is 5.88 Å². The second-order valence-electron chi connectivity index (χ2n) is 8.36. The second-order valence-corrected chi connectivity index (χ2v) is 9.98. The van der Waals surface area contributed by atoms with Gasteiger partial charge in [-0.25, -0.2) is 9.55 Å². The van der Waals surface area contributed by atoms with Crippen molar-refractivity contribution in [3.63, 3.8) is 0 Å². The standard InChI is InChI=1S/C20H30N5O8P/c1-5-28-18-15-17(23-20(21)24-18)25(10-22-15)19-12(4)16-13(32-19)9-30-34(27,33-16)29-8-6-7-14(26)31-11(2)3/h10-13,16,19H,5-9H2,1-4H3,(H2,21,23,24)/t12-,13+,16-,19+,34+/m0/s1. The third kappa shape index (κ3) is 5.18. The molecule has 2 aliphatic rings. The Hall–Kier alpha value is -2.31. The quantitative estimate of drug-likeness (QED) is 0.306. The average molecular weight is 499 g/mol. The van der Waals surface area contributed by atoms with Crippen LogP contribution < -0.4 is 10.5 Å². The summed E-state index contributed by atoms with van der Waals surface area (Å²) in [4.78, 5) is 24.4. The Balaban J connectivity index is 1.42. The molecule has 34 heavy (non-hydrogen) atoms. The number of carbonyl (C=O) groups excluding carboxylic acids is 1. The highest BCUT2D eigenvalue weighted by Crippen LogP contribution is 2.58. The fourth-order valence-corrected chi connectivity index (χ4v) is 5.46. The van der Waals surface area contributed by atoms with E-state index in [4.69, 9.17) is 33.5 Å². The summed E-state index contributed by atoms with van der Waals surface area (Å²) < 4.78 is 48.1. The molecule has 0 saturated carbocycles. The van der Waals surface area contributed by atoms with E-state index in [-0.39, 0.29) is 43.6 Å². The molecule has 0 bridgehead atoms. The number of fused-ring (bicyclic) bond motifs is 2. The molecule has 2 N–H and O–H groups in total. The number of nitrogens with zero attached hydrogens (tertiary/aromatic N) is 4. The van der Waals surface area contributed by atoms with Crippen LogP contribution in [-0.4, -0.2) is 63.6 Å². The van der Waals surface area contributed by atoms with E-state index in [1.54, 1.807) is 24.7 Å². The molecule has 2 saturated heterocycles. The van der Waals surface area contributed by atoms with Crippen LogP contribution in [-0.2, 0) is 32.4 Å². The van der Waals surface area contributed by atoms with Gasteiger partial charge in [-0.15, -0.1) is 0 Å². The molecule has 4 rings (SSSR count). The number of rotatable bonds is 9. The van der Waals surface area contributed by atoms with Gasteiger partial charge in [-0.1, -0.05) is 6.92 Å². The van der Waals surface area contributed by atoms with Crippen LogP contribution in [0.2, 0.25) is 0 Å². The van der Waals surface area contributed by atoms with Gasteiger partial charge in [0.2, 0.25) is 11.8 Å². The van der Waals surface area contributed by atoms with E-state index in [1.807, 2.05) is 13.8 Å². The molecule has 2 aromatic rings. The van der Waals surface area contributed by atoms with Crippen LogP contribution in [0.4, 0.5) is 5.95 Å². The summed E-state index contributed by atoms with van der Waals surface area (Å²) in [6.07, 6.45) is 0.334. The molecule has 4 heterocycles. The Morgan fingerprint density at radius 1 is 1.38 bits per heavy atom. The van der Waals surface area contributed by atoms with E-state index >= 15 is 0 Å². The summed E-state index contributed by atoms with van der Waals surface area (Å²) in [7, 11) is -3.81. The Kier molecular flexibility index (Phi) is 7.39. The number of anilines is 1. The predicted molar refractivity (Wildman–Crippen MR) is 119 cm³/mol. The molecule has 0 spiro atoms. The van der Waals surface area contributed by atoms with Crippen LogP contribution in [0.3, 0.4) is 0 Å². The molecule has 13 nitrogen and oxygen atoms in total. The number of ether oxygens (including phenoxy) is 3. The summed E-state index contributed by atoms with van der Waals surface area (Å²) in [6, 6.07) is 0. The first-order chi connectivity index (χ1) is 16.2. The number of hydrogen-bond acceptors (Lipinski definition) is 12. The van der Waals surface area contributed by atoms with Crippen molar-refractivity contribution >= 4 is 30.9 Å². The monoisotopic (exact) mass is 499 g/mol. The van der Waals surface area contributed by atoms with Crippen molar-refractivity contribution in [2.24, 2.45) is 5.92 Å². The van der Waals surface area contributed by atoms with E-state index in [0.29, 0.717) is 30.1 Å². The first-order valence-electron chi connectivity index (χ1n) is 11.3. The zero-order chi connectivity index (χ0) is 24.5. The molecule has 14 heteroatoms. The highest BCUT2D eigenvalue weighted by Gasteiger charge is 2.52. The average Bonchev–Trinajstić information content (AvgIpc) is 3.32. The Morgan fingerprint density at radius 3 is 2.91 bits per heavy atom. The number of esters is 1. The van der Waals surface area contributed by atoms with Crippen molar-refractivity contribution in [1.82, 2.24) is 19.5 Å². The lowest BCUT2D eigenvalue weighted by molar-refractivity contribution is -0.147. The van der Waals surface area contributed by atoms with Gasteiger partial charge in [0.05, 0.1) is 32.3 Å². The van der Waals surface area contributed by atoms with E-state index in [9.17, 15) is 9.36 Å². The summed E-state index contributed by atoms with van der Waals surface area (Å²) >= 11 is 0. The number of phosphoric ester groups is 1. The smallest absolute Gasteiger partial charge is 0.475 e. The molecule has 2 aromatic heterocycles. The molecule has 0 amide bonds. The molecule has 0 aliphatic carbocycles. The molecule has 0 unspecified atom stereocenters. The first kappa shape index (κ1) is 24.8. The number of nitrogens with two attached hydrogens (primary N) is 1. The molecule has 0 aromatic carbocycles. The number of nitrogen functional groups attached to an aromatic ring is 1. The lowest BCUT2D eigenvalue weighted by Crippen LogP contribution is -2.36. The fourth-order valence-electron chi connectivity index (χ4n) is 3.96. The number of imidazole rings is 1. The van der Waals surface area contributed by atoms with Crippen LogP contribution in [0.15, 0.2) is 6.33 Å². The van der Waals surface area contributed by atoms with Crippen molar-refractivity contribution in [2.45, 2.75) is 65.1 Å². The van der Waals surface area contributed by atoms with Gasteiger partial charge in [0.15, 0.2) is 11.2 Å². The topological polar surface area (TPSA) is 159 Å². The molecular formula is C20H30N5O8P. The van der Waals surface area contributed by atoms with Gasteiger partial charge >= 0.3 is 13.8 Å². The molecule has 188 valence electrons. The van der Waals surface area contributed by atoms with Crippen LogP contribution in [0.25, 0.3) is 11.2 Å². The third-order valence-corrected chi connectivity index (χ3v) is 6.87. The summed E-state index contributed by atoms with van der Waals surface area (Å²) in [5.74, 6) is -0.235. The van der Waals surface area contributed by atoms with Gasteiger partial charge in [-0.3, -0.25) is 22.9 Å². The van der Waals surface area contributed by atoms with Gasteiger partial charge in [0.1, 0.15) is 18.4 Å². The largest absolute Gasteiger partial charge is 0.476 e. The maximum Gasteiger partial charge on any atom is 0.475 e. The maximum atomic E-state index is 13.0. The van der Waals surface area contributed by atoms with Gasteiger partial charge in [-0.05, 0) is 27.2 Å². The maximum absolute atomic E-state index is 13.0. The molecular weight excluding hydrogens is 469 g/mol. The molecule has 2 aliphatic heterocycles. The van der Waals surface area contributed by atoms with E-state index in [1.165, 1.54) is 0 Å². The van der Waals surface area contributed by atoms with Gasteiger partial charge in [0, 0.05) is 12.3 Å². The van der Waals surface area contributed by atoms with Crippen LogP contribution in [0, 0.1) is 5.92 Å². The lowest BCUT2D eigenvalue weighted by Gasteiger charge is -2.31. The summed E-state index contributed by atoms with van der Waals surface area (Å²) in [5.41, 5.74) is 6.78. The minimum atomic E-state index is -3.81. The second kappa shape index (κ2) is 10.1. The van der Waals surface area contributed by atoms with Crippen molar-refractivity contribution in [3.05, 3.63) is 6.33 Å².